The summed E-state index contributed by atoms with van der Waals surface area (Å²) in [7, 11) is 0. The van der Waals surface area contributed by atoms with Crippen LogP contribution in [0.4, 0.5) is 0 Å². The van der Waals surface area contributed by atoms with Gasteiger partial charge in [0.2, 0.25) is 5.91 Å². The van der Waals surface area contributed by atoms with Gasteiger partial charge >= 0.3 is 0 Å². The highest BCUT2D eigenvalue weighted by atomic mass is 32.2. The number of ether oxygens (including phenoxy) is 1. The Hall–Kier alpha value is -2.72. The number of hydrogen-bond acceptors (Lipinski definition) is 3. The van der Waals surface area contributed by atoms with Crippen molar-refractivity contribution in [2.75, 3.05) is 12.3 Å². The number of rotatable bonds is 7. The first-order valence-electron chi connectivity index (χ1n) is 10.5. The van der Waals surface area contributed by atoms with Crippen molar-refractivity contribution in [3.05, 3.63) is 102 Å². The summed E-state index contributed by atoms with van der Waals surface area (Å²) in [5.74, 6) is 1.89. The number of carbonyl (C=O) groups is 1. The molecule has 3 aromatic carbocycles. The Balaban J connectivity index is 1.55. The van der Waals surface area contributed by atoms with Crippen LogP contribution in [0.25, 0.3) is 0 Å². The quantitative estimate of drug-likeness (QED) is 0.470. The highest BCUT2D eigenvalue weighted by Gasteiger charge is 2.35. The van der Waals surface area contributed by atoms with Gasteiger partial charge < -0.3 is 9.64 Å². The zero-order valence-electron chi connectivity index (χ0n) is 17.2. The molecule has 3 nitrogen and oxygen atoms in total. The van der Waals surface area contributed by atoms with Gasteiger partial charge in [0.15, 0.2) is 0 Å². The lowest BCUT2D eigenvalue weighted by atomic mass is 9.94. The summed E-state index contributed by atoms with van der Waals surface area (Å²) >= 11 is 1.82. The van der Waals surface area contributed by atoms with Crippen molar-refractivity contribution >= 4 is 17.7 Å². The molecule has 0 unspecified atom stereocenters. The lowest BCUT2D eigenvalue weighted by Gasteiger charge is -2.29. The van der Waals surface area contributed by atoms with E-state index in [0.717, 1.165) is 41.2 Å². The molecule has 0 bridgehead atoms. The summed E-state index contributed by atoms with van der Waals surface area (Å²) in [6.07, 6.45) is 0.795. The van der Waals surface area contributed by atoms with Crippen LogP contribution in [0.2, 0.25) is 0 Å². The monoisotopic (exact) mass is 417 g/mol. The molecule has 154 valence electrons. The maximum absolute atomic E-state index is 13.5. The minimum Gasteiger partial charge on any atom is -0.489 e. The minimum absolute atomic E-state index is 0.0118. The van der Waals surface area contributed by atoms with Crippen LogP contribution in [0, 0.1) is 0 Å². The fourth-order valence-electron chi connectivity index (χ4n) is 3.94. The molecule has 0 saturated carbocycles. The van der Waals surface area contributed by atoms with Gasteiger partial charge in [0.25, 0.3) is 0 Å². The molecule has 0 aromatic heterocycles. The van der Waals surface area contributed by atoms with Gasteiger partial charge in [-0.3, -0.25) is 4.79 Å². The van der Waals surface area contributed by atoms with E-state index in [1.54, 1.807) is 0 Å². The number of thioether (sulfide) groups is 1. The Labute approximate surface area is 183 Å². The molecule has 4 heteroatoms. The maximum atomic E-state index is 13.5. The van der Waals surface area contributed by atoms with E-state index in [-0.39, 0.29) is 17.2 Å². The van der Waals surface area contributed by atoms with Crippen LogP contribution in [-0.2, 0) is 11.4 Å². The van der Waals surface area contributed by atoms with Crippen molar-refractivity contribution in [2.24, 2.45) is 0 Å². The SMILES string of the molecule is CC[C@H](C(=O)N1CCS[C@@H]1c1ccccc1OCc1ccccc1)c1ccccc1. The zero-order chi connectivity index (χ0) is 20.8. The molecule has 2 atom stereocenters. The van der Waals surface area contributed by atoms with Crippen molar-refractivity contribution in [1.82, 2.24) is 4.90 Å². The third kappa shape index (κ3) is 4.54. The van der Waals surface area contributed by atoms with Crippen LogP contribution in [0.1, 0.15) is 41.3 Å². The van der Waals surface area contributed by atoms with Gasteiger partial charge in [0, 0.05) is 17.9 Å². The average Bonchev–Trinajstić information content (AvgIpc) is 3.29. The predicted octanol–water partition coefficient (Wildman–Crippen LogP) is 6.03. The number of para-hydroxylation sites is 1. The van der Waals surface area contributed by atoms with Gasteiger partial charge in [-0.25, -0.2) is 0 Å². The fraction of sp³-hybridized carbons (Fsp3) is 0.269. The van der Waals surface area contributed by atoms with Crippen LogP contribution in [0.3, 0.4) is 0 Å². The first kappa shape index (κ1) is 20.5. The molecule has 1 fully saturated rings. The van der Waals surface area contributed by atoms with Gasteiger partial charge in [-0.1, -0.05) is 85.8 Å². The smallest absolute Gasteiger partial charge is 0.231 e. The van der Waals surface area contributed by atoms with Crippen LogP contribution >= 0.6 is 11.8 Å². The highest BCUT2D eigenvalue weighted by Crippen LogP contribution is 2.43. The second kappa shape index (κ2) is 9.86. The number of carbonyl (C=O) groups excluding carboxylic acids is 1. The third-order valence-electron chi connectivity index (χ3n) is 5.50. The highest BCUT2D eigenvalue weighted by molar-refractivity contribution is 7.99. The van der Waals surface area contributed by atoms with E-state index < -0.39 is 0 Å². The van der Waals surface area contributed by atoms with Gasteiger partial charge in [0.1, 0.15) is 17.7 Å². The maximum Gasteiger partial charge on any atom is 0.231 e. The second-order valence-corrected chi connectivity index (χ2v) is 8.63. The Kier molecular flexibility index (Phi) is 6.75. The summed E-state index contributed by atoms with van der Waals surface area (Å²) in [6, 6.07) is 28.4. The summed E-state index contributed by atoms with van der Waals surface area (Å²) in [4.78, 5) is 15.6. The molecule has 0 aliphatic carbocycles. The average molecular weight is 418 g/mol. The molecule has 0 N–H and O–H groups in total. The molecule has 0 spiro atoms. The minimum atomic E-state index is -0.107. The third-order valence-corrected chi connectivity index (χ3v) is 6.75. The summed E-state index contributed by atoms with van der Waals surface area (Å²) in [6.45, 7) is 3.38. The van der Waals surface area contributed by atoms with E-state index in [2.05, 4.69) is 37.3 Å². The largest absolute Gasteiger partial charge is 0.489 e. The van der Waals surface area contributed by atoms with Gasteiger partial charge in [-0.2, -0.15) is 0 Å². The van der Waals surface area contributed by atoms with E-state index in [4.69, 9.17) is 4.74 Å². The molecule has 30 heavy (non-hydrogen) atoms. The summed E-state index contributed by atoms with van der Waals surface area (Å²) in [5, 5.41) is -0.0118. The van der Waals surface area contributed by atoms with E-state index in [9.17, 15) is 4.79 Å². The Morgan fingerprint density at radius 2 is 1.67 bits per heavy atom. The molecule has 3 aromatic rings. The molecular formula is C26H27NO2S. The Morgan fingerprint density at radius 3 is 2.40 bits per heavy atom. The Bertz CT molecular complexity index is 961. The van der Waals surface area contributed by atoms with Crippen LogP contribution in [-0.4, -0.2) is 23.1 Å². The lowest BCUT2D eigenvalue weighted by Crippen LogP contribution is -2.34. The number of amides is 1. The molecule has 1 amide bonds. The molecule has 4 rings (SSSR count). The summed E-state index contributed by atoms with van der Waals surface area (Å²) < 4.78 is 6.18. The first-order valence-corrected chi connectivity index (χ1v) is 11.6. The van der Waals surface area contributed by atoms with Crippen LogP contribution in [0.5, 0.6) is 5.75 Å². The molecule has 1 saturated heterocycles. The van der Waals surface area contributed by atoms with Crippen molar-refractivity contribution in [1.29, 1.82) is 0 Å². The molecule has 1 heterocycles. The standard InChI is InChI=1S/C26H27NO2S/c1-2-22(21-13-7-4-8-14-21)25(28)27-17-18-30-26(27)23-15-9-10-16-24(23)29-19-20-11-5-3-6-12-20/h3-16,22,26H,2,17-19H2,1H3/t22-,26+/m0/s1. The van der Waals surface area contributed by atoms with E-state index in [0.29, 0.717) is 6.61 Å². The molecule has 1 aliphatic rings. The van der Waals surface area contributed by atoms with E-state index >= 15 is 0 Å². The number of hydrogen-bond donors (Lipinski definition) is 0. The number of benzene rings is 3. The molecule has 0 radical (unpaired) electrons. The predicted molar refractivity (Wildman–Crippen MR) is 124 cm³/mol. The zero-order valence-corrected chi connectivity index (χ0v) is 18.1. The van der Waals surface area contributed by atoms with Gasteiger partial charge in [-0.05, 0) is 23.6 Å². The van der Waals surface area contributed by atoms with Crippen molar-refractivity contribution < 1.29 is 9.53 Å². The van der Waals surface area contributed by atoms with E-state index in [1.807, 2.05) is 71.3 Å². The van der Waals surface area contributed by atoms with Crippen molar-refractivity contribution in [2.45, 2.75) is 31.2 Å². The molecular weight excluding hydrogens is 390 g/mol. The van der Waals surface area contributed by atoms with Gasteiger partial charge in [-0.15, -0.1) is 11.8 Å². The lowest BCUT2D eigenvalue weighted by molar-refractivity contribution is -0.133. The Morgan fingerprint density at radius 1 is 1.00 bits per heavy atom. The van der Waals surface area contributed by atoms with Crippen molar-refractivity contribution in [3.63, 3.8) is 0 Å². The van der Waals surface area contributed by atoms with Gasteiger partial charge in [0.05, 0.1) is 5.92 Å². The number of nitrogens with zero attached hydrogens (tertiary/aromatic N) is 1. The first-order chi connectivity index (χ1) is 14.8. The van der Waals surface area contributed by atoms with E-state index in [1.165, 1.54) is 0 Å². The normalized spacial score (nSPS) is 17.0. The topological polar surface area (TPSA) is 29.5 Å². The summed E-state index contributed by atoms with van der Waals surface area (Å²) in [5.41, 5.74) is 3.30. The van der Waals surface area contributed by atoms with Crippen LogP contribution < -0.4 is 4.74 Å². The second-order valence-electron chi connectivity index (χ2n) is 7.44. The molecule has 1 aliphatic heterocycles. The van der Waals surface area contributed by atoms with Crippen LogP contribution in [0.15, 0.2) is 84.9 Å². The fourth-order valence-corrected chi connectivity index (χ4v) is 5.23. The van der Waals surface area contributed by atoms with Crippen molar-refractivity contribution in [3.8, 4) is 5.75 Å².